The van der Waals surface area contributed by atoms with E-state index < -0.39 is 10.0 Å². The lowest BCUT2D eigenvalue weighted by Crippen LogP contribution is -2.32. The summed E-state index contributed by atoms with van der Waals surface area (Å²) in [6, 6.07) is 8.71. The fraction of sp³-hybridized carbons (Fsp3) is 0.417. The number of sulfonamides is 1. The van der Waals surface area contributed by atoms with Crippen LogP contribution in [0.25, 0.3) is 0 Å². The third kappa shape index (κ3) is 3.05. The highest BCUT2D eigenvalue weighted by atomic mass is 32.2. The van der Waals surface area contributed by atoms with Gasteiger partial charge in [-0.2, -0.15) is 9.57 Å². The zero-order valence-corrected chi connectivity index (χ0v) is 10.9. The van der Waals surface area contributed by atoms with E-state index in [-0.39, 0.29) is 11.4 Å². The van der Waals surface area contributed by atoms with Crippen LogP contribution >= 0.6 is 0 Å². The molecule has 0 spiro atoms. The molecule has 0 heterocycles. The van der Waals surface area contributed by atoms with Crippen LogP contribution in [-0.4, -0.2) is 25.8 Å². The summed E-state index contributed by atoms with van der Waals surface area (Å²) in [5, 5.41) is 8.69. The predicted molar refractivity (Wildman–Crippen MR) is 65.8 cm³/mol. The molecule has 1 rings (SSSR count). The molecule has 5 heteroatoms. The van der Waals surface area contributed by atoms with Gasteiger partial charge in [0, 0.05) is 6.54 Å². The van der Waals surface area contributed by atoms with Gasteiger partial charge in [0.25, 0.3) is 0 Å². The Bertz CT molecular complexity index is 518. The summed E-state index contributed by atoms with van der Waals surface area (Å²) in [6.07, 6.45) is 0.687. The molecule has 0 radical (unpaired) electrons. The van der Waals surface area contributed by atoms with E-state index in [1.165, 1.54) is 4.31 Å². The second-order valence-corrected chi connectivity index (χ2v) is 5.67. The Morgan fingerprint density at radius 2 is 2.00 bits per heavy atom. The third-order valence-corrected chi connectivity index (χ3v) is 4.44. The first-order valence-electron chi connectivity index (χ1n) is 5.46. The van der Waals surface area contributed by atoms with Gasteiger partial charge in [0.15, 0.2) is 0 Å². The Morgan fingerprint density at radius 1 is 1.35 bits per heavy atom. The zero-order valence-electron chi connectivity index (χ0n) is 10.0. The maximum atomic E-state index is 12.3. The molecule has 1 aromatic rings. The molecule has 4 nitrogen and oxygen atoms in total. The lowest BCUT2D eigenvalue weighted by Gasteiger charge is -2.19. The minimum Gasteiger partial charge on any atom is -0.207 e. The van der Waals surface area contributed by atoms with Crippen molar-refractivity contribution in [2.45, 2.75) is 25.2 Å². The molecular weight excluding hydrogens is 236 g/mol. The highest BCUT2D eigenvalue weighted by Crippen LogP contribution is 2.19. The van der Waals surface area contributed by atoms with Crippen molar-refractivity contribution in [1.82, 2.24) is 4.31 Å². The minimum atomic E-state index is -3.55. The first kappa shape index (κ1) is 13.7. The molecule has 0 aliphatic rings. The Kier molecular flexibility index (Phi) is 4.67. The SMILES string of the molecule is CCCN(CC#N)S(=O)(=O)c1ccccc1C. The summed E-state index contributed by atoms with van der Waals surface area (Å²) in [4.78, 5) is 0.281. The number of hydrogen-bond donors (Lipinski definition) is 0. The van der Waals surface area contributed by atoms with E-state index in [9.17, 15) is 8.42 Å². The second kappa shape index (κ2) is 5.80. The van der Waals surface area contributed by atoms with Gasteiger partial charge in [-0.15, -0.1) is 0 Å². The Balaban J connectivity index is 3.18. The highest BCUT2D eigenvalue weighted by Gasteiger charge is 2.24. The summed E-state index contributed by atoms with van der Waals surface area (Å²) in [5.74, 6) is 0. The van der Waals surface area contributed by atoms with Crippen LogP contribution in [0.15, 0.2) is 29.2 Å². The van der Waals surface area contributed by atoms with Crippen LogP contribution in [0.3, 0.4) is 0 Å². The van der Waals surface area contributed by atoms with Crippen LogP contribution in [0.1, 0.15) is 18.9 Å². The first-order valence-corrected chi connectivity index (χ1v) is 6.90. The molecule has 0 aromatic heterocycles. The molecule has 17 heavy (non-hydrogen) atoms. The van der Waals surface area contributed by atoms with Crippen LogP contribution in [0.5, 0.6) is 0 Å². The summed E-state index contributed by atoms with van der Waals surface area (Å²) in [6.45, 7) is 3.90. The van der Waals surface area contributed by atoms with Crippen molar-refractivity contribution in [3.63, 3.8) is 0 Å². The molecule has 0 amide bonds. The van der Waals surface area contributed by atoms with Crippen LogP contribution in [0, 0.1) is 18.3 Å². The van der Waals surface area contributed by atoms with Crippen molar-refractivity contribution in [2.75, 3.05) is 13.1 Å². The van der Waals surface area contributed by atoms with Crippen molar-refractivity contribution in [2.24, 2.45) is 0 Å². The first-order chi connectivity index (χ1) is 8.04. The highest BCUT2D eigenvalue weighted by molar-refractivity contribution is 7.89. The lowest BCUT2D eigenvalue weighted by molar-refractivity contribution is 0.444. The summed E-state index contributed by atoms with van der Waals surface area (Å²) >= 11 is 0. The number of aryl methyl sites for hydroxylation is 1. The van der Waals surface area contributed by atoms with Crippen molar-refractivity contribution in [3.05, 3.63) is 29.8 Å². The molecule has 0 unspecified atom stereocenters. The molecule has 0 N–H and O–H groups in total. The van der Waals surface area contributed by atoms with Gasteiger partial charge in [0.1, 0.15) is 6.54 Å². The monoisotopic (exact) mass is 252 g/mol. The van der Waals surface area contributed by atoms with Crippen molar-refractivity contribution in [1.29, 1.82) is 5.26 Å². The van der Waals surface area contributed by atoms with Crippen LogP contribution in [0.4, 0.5) is 0 Å². The van der Waals surface area contributed by atoms with Crippen LogP contribution < -0.4 is 0 Å². The van der Waals surface area contributed by atoms with E-state index in [1.54, 1.807) is 31.2 Å². The summed E-state index contributed by atoms with van der Waals surface area (Å²) in [7, 11) is -3.55. The van der Waals surface area contributed by atoms with E-state index in [0.29, 0.717) is 18.5 Å². The van der Waals surface area contributed by atoms with Gasteiger partial charge in [-0.05, 0) is 25.0 Å². The van der Waals surface area contributed by atoms with Gasteiger partial charge in [0.05, 0.1) is 11.0 Å². The topological polar surface area (TPSA) is 61.2 Å². The fourth-order valence-corrected chi connectivity index (χ4v) is 3.25. The average molecular weight is 252 g/mol. The molecular formula is C12H16N2O2S. The molecule has 0 saturated carbocycles. The fourth-order valence-electron chi connectivity index (χ4n) is 1.60. The molecule has 0 aliphatic heterocycles. The van der Waals surface area contributed by atoms with Gasteiger partial charge in [-0.3, -0.25) is 0 Å². The van der Waals surface area contributed by atoms with Crippen molar-refractivity contribution in [3.8, 4) is 6.07 Å². The molecule has 1 aromatic carbocycles. The average Bonchev–Trinajstić information content (AvgIpc) is 2.29. The zero-order chi connectivity index (χ0) is 12.9. The van der Waals surface area contributed by atoms with E-state index in [0.717, 1.165) is 0 Å². The lowest BCUT2D eigenvalue weighted by atomic mass is 10.2. The Morgan fingerprint density at radius 3 is 2.53 bits per heavy atom. The second-order valence-electron chi connectivity index (χ2n) is 3.76. The quantitative estimate of drug-likeness (QED) is 0.752. The molecule has 0 saturated heterocycles. The smallest absolute Gasteiger partial charge is 0.207 e. The maximum absolute atomic E-state index is 12.3. The number of rotatable bonds is 5. The number of nitriles is 1. The van der Waals surface area contributed by atoms with Gasteiger partial charge >= 0.3 is 0 Å². The standard InChI is InChI=1S/C12H16N2O2S/c1-3-9-14(10-8-13)17(15,16)12-7-5-4-6-11(12)2/h4-7H,3,9-10H2,1-2H3. The van der Waals surface area contributed by atoms with E-state index in [4.69, 9.17) is 5.26 Å². The Labute approximate surface area is 103 Å². The molecule has 0 atom stereocenters. The van der Waals surface area contributed by atoms with E-state index in [1.807, 2.05) is 13.0 Å². The normalized spacial score (nSPS) is 11.4. The molecule has 92 valence electrons. The van der Waals surface area contributed by atoms with Gasteiger partial charge in [-0.25, -0.2) is 8.42 Å². The maximum Gasteiger partial charge on any atom is 0.244 e. The van der Waals surface area contributed by atoms with E-state index >= 15 is 0 Å². The summed E-state index contributed by atoms with van der Waals surface area (Å²) in [5.41, 5.74) is 0.701. The summed E-state index contributed by atoms with van der Waals surface area (Å²) < 4.78 is 25.8. The number of benzene rings is 1. The molecule has 0 fully saturated rings. The van der Waals surface area contributed by atoms with Gasteiger partial charge < -0.3 is 0 Å². The number of hydrogen-bond acceptors (Lipinski definition) is 3. The molecule has 0 bridgehead atoms. The van der Waals surface area contributed by atoms with E-state index in [2.05, 4.69) is 0 Å². The van der Waals surface area contributed by atoms with Crippen LogP contribution in [0.2, 0.25) is 0 Å². The predicted octanol–water partition coefficient (Wildman–Crippen LogP) is 1.92. The Hall–Kier alpha value is -1.38. The largest absolute Gasteiger partial charge is 0.244 e. The third-order valence-electron chi connectivity index (χ3n) is 2.43. The molecule has 0 aliphatic carbocycles. The van der Waals surface area contributed by atoms with Gasteiger partial charge in [-0.1, -0.05) is 25.1 Å². The minimum absolute atomic E-state index is 0.107. The van der Waals surface area contributed by atoms with Crippen molar-refractivity contribution >= 4 is 10.0 Å². The van der Waals surface area contributed by atoms with Crippen LogP contribution in [-0.2, 0) is 10.0 Å². The van der Waals surface area contributed by atoms with Gasteiger partial charge in [0.2, 0.25) is 10.0 Å². The number of nitrogens with zero attached hydrogens (tertiary/aromatic N) is 2. The van der Waals surface area contributed by atoms with Crippen molar-refractivity contribution < 1.29 is 8.42 Å².